The number of benzene rings is 2. The van der Waals surface area contributed by atoms with Crippen LogP contribution in [0.5, 0.6) is 0 Å². The molecule has 150 valence electrons. The number of nitrogens with zero attached hydrogens (tertiary/aromatic N) is 5. The van der Waals surface area contributed by atoms with Crippen LogP contribution >= 0.6 is 12.6 Å². The molecule has 1 aromatic heterocycles. The van der Waals surface area contributed by atoms with Crippen LogP contribution in [0.15, 0.2) is 58.8 Å². The summed E-state index contributed by atoms with van der Waals surface area (Å²) >= 11 is 4.36. The lowest BCUT2D eigenvalue weighted by Gasteiger charge is -2.12. The number of hydrogen-bond acceptors (Lipinski definition) is 6. The van der Waals surface area contributed by atoms with Gasteiger partial charge in [-0.25, -0.2) is 0 Å². The van der Waals surface area contributed by atoms with Crippen molar-refractivity contribution in [2.75, 3.05) is 0 Å². The van der Waals surface area contributed by atoms with Gasteiger partial charge in [-0.05, 0) is 41.2 Å². The molecule has 2 aromatic carbocycles. The average Bonchev–Trinajstić information content (AvgIpc) is 3.06. The van der Waals surface area contributed by atoms with Crippen LogP contribution in [0.2, 0.25) is 0 Å². The fourth-order valence-corrected chi connectivity index (χ4v) is 3.23. The quantitative estimate of drug-likeness (QED) is 0.265. The molecular formula is C21H23N5O2S. The van der Waals surface area contributed by atoms with E-state index in [1.54, 1.807) is 23.0 Å². The third-order valence-electron chi connectivity index (χ3n) is 4.59. The van der Waals surface area contributed by atoms with E-state index < -0.39 is 4.92 Å². The molecule has 3 rings (SSSR count). The second kappa shape index (κ2) is 9.00. The zero-order valence-corrected chi connectivity index (χ0v) is 17.5. The first kappa shape index (κ1) is 20.7. The Morgan fingerprint density at radius 1 is 1.10 bits per heavy atom. The van der Waals surface area contributed by atoms with Crippen molar-refractivity contribution in [2.45, 2.75) is 38.3 Å². The van der Waals surface area contributed by atoms with Crippen LogP contribution < -0.4 is 0 Å². The van der Waals surface area contributed by atoms with Crippen molar-refractivity contribution in [3.05, 3.63) is 81.2 Å². The molecular weight excluding hydrogens is 386 g/mol. The van der Waals surface area contributed by atoms with Gasteiger partial charge in [-0.1, -0.05) is 45.0 Å². The fraction of sp³-hybridized carbons (Fsp3) is 0.286. The maximum absolute atomic E-state index is 10.8. The zero-order chi connectivity index (χ0) is 21.0. The molecule has 0 saturated heterocycles. The van der Waals surface area contributed by atoms with Crippen molar-refractivity contribution in [1.29, 1.82) is 0 Å². The first-order valence-electron chi connectivity index (χ1n) is 9.37. The predicted molar refractivity (Wildman–Crippen MR) is 116 cm³/mol. The molecule has 0 N–H and O–H groups in total. The standard InChI is InChI=1S/C21H23N5O2S/c1-14(2)12-16-4-8-18(9-5-16)15(3)20-23-24-21(29)25(20)22-13-17-6-10-19(11-7-17)26(27)28/h4-11,13-15H,12H2,1-3H3,(H,24,29)/b22-13+. The van der Waals surface area contributed by atoms with Gasteiger partial charge in [-0.3, -0.25) is 10.1 Å². The van der Waals surface area contributed by atoms with Gasteiger partial charge in [0.2, 0.25) is 5.16 Å². The fourth-order valence-electron chi connectivity index (χ4n) is 3.03. The van der Waals surface area contributed by atoms with Gasteiger partial charge in [0.1, 0.15) is 0 Å². The Labute approximate surface area is 175 Å². The summed E-state index contributed by atoms with van der Waals surface area (Å²) in [5, 5.41) is 23.9. The number of nitro groups is 1. The van der Waals surface area contributed by atoms with Crippen LogP contribution in [0.1, 0.15) is 49.2 Å². The third kappa shape index (κ3) is 5.08. The topological polar surface area (TPSA) is 86.2 Å². The second-order valence-electron chi connectivity index (χ2n) is 7.32. The van der Waals surface area contributed by atoms with E-state index >= 15 is 0 Å². The molecule has 29 heavy (non-hydrogen) atoms. The number of nitro benzene ring substituents is 1. The Hall–Kier alpha value is -3.00. The molecule has 0 aliphatic heterocycles. The van der Waals surface area contributed by atoms with Crippen molar-refractivity contribution >= 4 is 24.5 Å². The van der Waals surface area contributed by atoms with E-state index in [9.17, 15) is 10.1 Å². The van der Waals surface area contributed by atoms with Gasteiger partial charge < -0.3 is 0 Å². The Balaban J connectivity index is 1.82. The lowest BCUT2D eigenvalue weighted by molar-refractivity contribution is -0.384. The zero-order valence-electron chi connectivity index (χ0n) is 16.6. The summed E-state index contributed by atoms with van der Waals surface area (Å²) in [5.41, 5.74) is 3.19. The average molecular weight is 410 g/mol. The van der Waals surface area contributed by atoms with Crippen molar-refractivity contribution in [3.8, 4) is 0 Å². The Morgan fingerprint density at radius 3 is 2.34 bits per heavy atom. The highest BCUT2D eigenvalue weighted by molar-refractivity contribution is 7.80. The van der Waals surface area contributed by atoms with E-state index in [0.717, 1.165) is 17.5 Å². The minimum atomic E-state index is -0.432. The van der Waals surface area contributed by atoms with Gasteiger partial charge in [0.05, 0.1) is 11.1 Å². The lowest BCUT2D eigenvalue weighted by atomic mass is 9.96. The van der Waals surface area contributed by atoms with E-state index in [1.165, 1.54) is 17.7 Å². The molecule has 1 heterocycles. The summed E-state index contributed by atoms with van der Waals surface area (Å²) < 4.78 is 1.58. The number of non-ortho nitro benzene ring substituents is 1. The van der Waals surface area contributed by atoms with Gasteiger partial charge >= 0.3 is 0 Å². The minimum absolute atomic E-state index is 0.0227. The summed E-state index contributed by atoms with van der Waals surface area (Å²) in [6.45, 7) is 6.46. The van der Waals surface area contributed by atoms with Crippen LogP contribution in [0, 0.1) is 16.0 Å². The molecule has 0 radical (unpaired) electrons. The highest BCUT2D eigenvalue weighted by Gasteiger charge is 2.18. The molecule has 3 aromatic rings. The summed E-state index contributed by atoms with van der Waals surface area (Å²) in [6, 6.07) is 14.7. The van der Waals surface area contributed by atoms with Gasteiger partial charge in [0.25, 0.3) is 5.69 Å². The van der Waals surface area contributed by atoms with Crippen molar-refractivity contribution < 1.29 is 4.92 Å². The van der Waals surface area contributed by atoms with Gasteiger partial charge in [-0.15, -0.1) is 22.8 Å². The highest BCUT2D eigenvalue weighted by Crippen LogP contribution is 2.25. The summed E-state index contributed by atoms with van der Waals surface area (Å²) in [5.74, 6) is 1.26. The second-order valence-corrected chi connectivity index (χ2v) is 7.72. The minimum Gasteiger partial charge on any atom is -0.258 e. The first-order valence-corrected chi connectivity index (χ1v) is 9.81. The van der Waals surface area contributed by atoms with E-state index in [1.807, 2.05) is 6.92 Å². The molecule has 0 amide bonds. The van der Waals surface area contributed by atoms with Gasteiger partial charge in [0, 0.05) is 18.1 Å². The number of rotatable bonds is 7. The summed E-state index contributed by atoms with van der Waals surface area (Å²) in [7, 11) is 0. The number of aromatic nitrogens is 3. The van der Waals surface area contributed by atoms with E-state index in [4.69, 9.17) is 0 Å². The van der Waals surface area contributed by atoms with E-state index in [2.05, 4.69) is 66.0 Å². The van der Waals surface area contributed by atoms with Crippen LogP contribution in [0.4, 0.5) is 5.69 Å². The van der Waals surface area contributed by atoms with Crippen molar-refractivity contribution in [2.24, 2.45) is 11.0 Å². The van der Waals surface area contributed by atoms with Crippen LogP contribution in [-0.4, -0.2) is 26.0 Å². The third-order valence-corrected chi connectivity index (χ3v) is 4.86. The van der Waals surface area contributed by atoms with E-state index in [0.29, 0.717) is 16.9 Å². The molecule has 7 nitrogen and oxygen atoms in total. The number of hydrogen-bond donors (Lipinski definition) is 1. The number of thiol groups is 1. The maximum Gasteiger partial charge on any atom is 0.269 e. The smallest absolute Gasteiger partial charge is 0.258 e. The molecule has 1 unspecified atom stereocenters. The Kier molecular flexibility index (Phi) is 6.43. The molecule has 0 aliphatic rings. The van der Waals surface area contributed by atoms with Crippen molar-refractivity contribution in [1.82, 2.24) is 14.9 Å². The highest BCUT2D eigenvalue weighted by atomic mass is 32.1. The molecule has 1 atom stereocenters. The van der Waals surface area contributed by atoms with Crippen LogP contribution in [0.3, 0.4) is 0 Å². The molecule has 8 heteroatoms. The van der Waals surface area contributed by atoms with Crippen LogP contribution in [0.25, 0.3) is 0 Å². The lowest BCUT2D eigenvalue weighted by Crippen LogP contribution is -2.06. The predicted octanol–water partition coefficient (Wildman–Crippen LogP) is 4.71. The Morgan fingerprint density at radius 2 is 1.76 bits per heavy atom. The maximum atomic E-state index is 10.8. The molecule has 0 fully saturated rings. The van der Waals surface area contributed by atoms with Crippen LogP contribution in [-0.2, 0) is 6.42 Å². The van der Waals surface area contributed by atoms with E-state index in [-0.39, 0.29) is 11.6 Å². The molecule has 0 bridgehead atoms. The normalized spacial score (nSPS) is 12.6. The first-order chi connectivity index (χ1) is 13.8. The molecule has 0 saturated carbocycles. The SMILES string of the molecule is CC(C)Cc1ccc(C(C)c2nnc(S)n2/N=C/c2ccc([N+](=O)[O-])cc2)cc1. The Bertz CT molecular complexity index is 1010. The van der Waals surface area contributed by atoms with Gasteiger partial charge in [-0.2, -0.15) is 9.78 Å². The largest absolute Gasteiger partial charge is 0.269 e. The summed E-state index contributed by atoms with van der Waals surface area (Å²) in [6.07, 6.45) is 2.65. The summed E-state index contributed by atoms with van der Waals surface area (Å²) in [4.78, 5) is 10.3. The van der Waals surface area contributed by atoms with Crippen molar-refractivity contribution in [3.63, 3.8) is 0 Å². The molecule has 0 spiro atoms. The molecule has 0 aliphatic carbocycles. The monoisotopic (exact) mass is 409 g/mol. The van der Waals surface area contributed by atoms with Gasteiger partial charge in [0.15, 0.2) is 5.82 Å².